The van der Waals surface area contributed by atoms with E-state index in [1.165, 1.54) is 6.07 Å². The second-order valence-corrected chi connectivity index (χ2v) is 3.16. The van der Waals surface area contributed by atoms with Gasteiger partial charge in [0.05, 0.1) is 23.1 Å². The SMILES string of the molecule is N#CCc1cc(F)cc(Cl)c1C(F)(F)F. The zero-order chi connectivity index (χ0) is 11.6. The van der Waals surface area contributed by atoms with E-state index in [9.17, 15) is 17.6 Å². The molecule has 0 heterocycles. The average molecular weight is 238 g/mol. The lowest BCUT2D eigenvalue weighted by molar-refractivity contribution is -0.138. The smallest absolute Gasteiger partial charge is 0.207 e. The first-order valence-corrected chi connectivity index (χ1v) is 4.16. The molecule has 6 heteroatoms. The van der Waals surface area contributed by atoms with E-state index in [-0.39, 0.29) is 0 Å². The summed E-state index contributed by atoms with van der Waals surface area (Å²) >= 11 is 5.29. The highest BCUT2D eigenvalue weighted by Crippen LogP contribution is 2.37. The van der Waals surface area contributed by atoms with Crippen molar-refractivity contribution in [2.45, 2.75) is 12.6 Å². The summed E-state index contributed by atoms with van der Waals surface area (Å²) < 4.78 is 50.1. The van der Waals surface area contributed by atoms with Crippen molar-refractivity contribution in [1.82, 2.24) is 0 Å². The van der Waals surface area contributed by atoms with Crippen molar-refractivity contribution in [3.63, 3.8) is 0 Å². The summed E-state index contributed by atoms with van der Waals surface area (Å²) in [6, 6.07) is 2.76. The molecule has 1 nitrogen and oxygen atoms in total. The predicted molar refractivity (Wildman–Crippen MR) is 45.7 cm³/mol. The van der Waals surface area contributed by atoms with E-state index < -0.39 is 34.6 Å². The average Bonchev–Trinajstić information content (AvgIpc) is 1.99. The fraction of sp³-hybridized carbons (Fsp3) is 0.222. The van der Waals surface area contributed by atoms with Gasteiger partial charge in [-0.2, -0.15) is 18.4 Å². The third-order valence-electron chi connectivity index (χ3n) is 1.69. The highest BCUT2D eigenvalue weighted by molar-refractivity contribution is 6.31. The van der Waals surface area contributed by atoms with Crippen molar-refractivity contribution >= 4 is 11.6 Å². The van der Waals surface area contributed by atoms with Crippen LogP contribution in [0, 0.1) is 17.1 Å². The fourth-order valence-electron chi connectivity index (χ4n) is 1.17. The zero-order valence-corrected chi connectivity index (χ0v) is 7.95. The lowest BCUT2D eigenvalue weighted by Gasteiger charge is -2.12. The maximum Gasteiger partial charge on any atom is 0.418 e. The van der Waals surface area contributed by atoms with E-state index >= 15 is 0 Å². The van der Waals surface area contributed by atoms with Gasteiger partial charge in [-0.25, -0.2) is 4.39 Å². The molecule has 0 unspecified atom stereocenters. The summed E-state index contributed by atoms with van der Waals surface area (Å²) in [5.41, 5.74) is -1.60. The van der Waals surface area contributed by atoms with E-state index in [0.717, 1.165) is 0 Å². The molecule has 0 bridgehead atoms. The van der Waals surface area contributed by atoms with Gasteiger partial charge in [0.2, 0.25) is 0 Å². The monoisotopic (exact) mass is 237 g/mol. The molecule has 1 aromatic carbocycles. The number of rotatable bonds is 1. The van der Waals surface area contributed by atoms with Crippen LogP contribution < -0.4 is 0 Å². The van der Waals surface area contributed by atoms with Crippen molar-refractivity contribution < 1.29 is 17.6 Å². The van der Waals surface area contributed by atoms with Crippen LogP contribution in [0.15, 0.2) is 12.1 Å². The van der Waals surface area contributed by atoms with Crippen molar-refractivity contribution in [3.05, 3.63) is 34.1 Å². The van der Waals surface area contributed by atoms with Crippen LogP contribution in [0.4, 0.5) is 17.6 Å². The van der Waals surface area contributed by atoms with Gasteiger partial charge in [-0.05, 0) is 17.7 Å². The number of alkyl halides is 3. The highest BCUT2D eigenvalue weighted by Gasteiger charge is 2.36. The van der Waals surface area contributed by atoms with Crippen LogP contribution in [0.3, 0.4) is 0 Å². The molecule has 1 aromatic rings. The number of halogens is 5. The molecule has 0 atom stereocenters. The van der Waals surface area contributed by atoms with Gasteiger partial charge in [0, 0.05) is 0 Å². The number of benzene rings is 1. The summed E-state index contributed by atoms with van der Waals surface area (Å²) in [5, 5.41) is 7.58. The molecule has 0 amide bonds. The molecular formula is C9H4ClF4N. The van der Waals surface area contributed by atoms with Gasteiger partial charge >= 0.3 is 6.18 Å². The van der Waals surface area contributed by atoms with Crippen molar-refractivity contribution in [3.8, 4) is 6.07 Å². The van der Waals surface area contributed by atoms with E-state index in [1.54, 1.807) is 0 Å². The Balaban J connectivity index is 3.42. The number of hydrogen-bond acceptors (Lipinski definition) is 1. The van der Waals surface area contributed by atoms with Gasteiger partial charge in [0.15, 0.2) is 0 Å². The van der Waals surface area contributed by atoms with Crippen LogP contribution >= 0.6 is 11.6 Å². The van der Waals surface area contributed by atoms with Gasteiger partial charge in [-0.15, -0.1) is 0 Å². The molecule has 0 radical (unpaired) electrons. The second-order valence-electron chi connectivity index (χ2n) is 2.75. The molecule has 15 heavy (non-hydrogen) atoms. The van der Waals surface area contributed by atoms with E-state index in [2.05, 4.69) is 0 Å². The maximum atomic E-state index is 12.8. The number of nitriles is 1. The third-order valence-corrected chi connectivity index (χ3v) is 1.99. The van der Waals surface area contributed by atoms with Crippen LogP contribution in [-0.4, -0.2) is 0 Å². The Kier molecular flexibility index (Phi) is 3.20. The minimum absolute atomic E-state index is 0.449. The molecule has 0 aromatic heterocycles. The molecule has 0 fully saturated rings. The van der Waals surface area contributed by atoms with E-state index in [0.29, 0.717) is 12.1 Å². The van der Waals surface area contributed by atoms with Crippen LogP contribution in [0.5, 0.6) is 0 Å². The fourth-order valence-corrected chi connectivity index (χ4v) is 1.50. The topological polar surface area (TPSA) is 23.8 Å². The molecule has 0 saturated carbocycles. The molecule has 0 aliphatic carbocycles. The molecule has 0 aliphatic rings. The van der Waals surface area contributed by atoms with Crippen LogP contribution in [0.25, 0.3) is 0 Å². The van der Waals surface area contributed by atoms with Gasteiger partial charge < -0.3 is 0 Å². The van der Waals surface area contributed by atoms with Gasteiger partial charge in [-0.3, -0.25) is 0 Å². The Morgan fingerprint density at radius 1 is 1.33 bits per heavy atom. The first-order valence-electron chi connectivity index (χ1n) is 3.78. The Hall–Kier alpha value is -1.28. The van der Waals surface area contributed by atoms with Gasteiger partial charge in [-0.1, -0.05) is 11.6 Å². The molecular weight excluding hydrogens is 234 g/mol. The Labute approximate surface area is 87.9 Å². The molecule has 0 spiro atoms. The number of hydrogen-bond donors (Lipinski definition) is 0. The highest BCUT2D eigenvalue weighted by atomic mass is 35.5. The Morgan fingerprint density at radius 3 is 2.40 bits per heavy atom. The maximum absolute atomic E-state index is 12.8. The minimum atomic E-state index is -4.68. The quantitative estimate of drug-likeness (QED) is 0.685. The van der Waals surface area contributed by atoms with Crippen LogP contribution in [-0.2, 0) is 12.6 Å². The standard InChI is InChI=1S/C9H4ClF4N/c10-7-4-6(11)3-5(1-2-15)8(7)9(12,13)14/h3-4H,1H2. The summed E-state index contributed by atoms with van der Waals surface area (Å²) in [6.45, 7) is 0. The first-order chi connectivity index (χ1) is 6.86. The van der Waals surface area contributed by atoms with Crippen LogP contribution in [0.2, 0.25) is 5.02 Å². The predicted octanol–water partition coefficient (Wildman–Crippen LogP) is 3.56. The normalized spacial score (nSPS) is 11.2. The minimum Gasteiger partial charge on any atom is -0.207 e. The summed E-state index contributed by atoms with van der Waals surface area (Å²) in [6.07, 6.45) is -5.22. The van der Waals surface area contributed by atoms with Crippen molar-refractivity contribution in [2.75, 3.05) is 0 Å². The first kappa shape index (κ1) is 11.8. The Morgan fingerprint density at radius 2 is 1.93 bits per heavy atom. The molecule has 0 aliphatic heterocycles. The molecule has 80 valence electrons. The molecule has 0 N–H and O–H groups in total. The van der Waals surface area contributed by atoms with Gasteiger partial charge in [0.1, 0.15) is 5.82 Å². The van der Waals surface area contributed by atoms with Crippen molar-refractivity contribution in [1.29, 1.82) is 5.26 Å². The van der Waals surface area contributed by atoms with Crippen molar-refractivity contribution in [2.24, 2.45) is 0 Å². The summed E-state index contributed by atoms with van der Waals surface area (Å²) in [4.78, 5) is 0. The van der Waals surface area contributed by atoms with E-state index in [4.69, 9.17) is 16.9 Å². The Bertz CT molecular complexity index is 419. The largest absolute Gasteiger partial charge is 0.418 e. The second kappa shape index (κ2) is 4.07. The number of nitrogens with zero attached hydrogens (tertiary/aromatic N) is 1. The third kappa shape index (κ3) is 2.60. The molecule has 1 rings (SSSR count). The summed E-state index contributed by atoms with van der Waals surface area (Å²) in [5.74, 6) is -0.891. The van der Waals surface area contributed by atoms with E-state index in [1.807, 2.05) is 0 Å². The lowest BCUT2D eigenvalue weighted by atomic mass is 10.0. The summed E-state index contributed by atoms with van der Waals surface area (Å²) in [7, 11) is 0. The molecule has 0 saturated heterocycles. The zero-order valence-electron chi connectivity index (χ0n) is 7.20. The lowest BCUT2D eigenvalue weighted by Crippen LogP contribution is -2.10. The van der Waals surface area contributed by atoms with Gasteiger partial charge in [0.25, 0.3) is 0 Å². The van der Waals surface area contributed by atoms with Crippen LogP contribution in [0.1, 0.15) is 11.1 Å².